The Hall–Kier alpha value is -4.61. The maximum absolute atomic E-state index is 12.6. The monoisotopic (exact) mass is 515 g/mol. The van der Waals surface area contributed by atoms with E-state index in [-0.39, 0.29) is 30.8 Å². The molecule has 1 saturated heterocycles. The lowest BCUT2D eigenvalue weighted by molar-refractivity contribution is -0.125. The fourth-order valence-electron chi connectivity index (χ4n) is 6.75. The average molecular weight is 516 g/mol. The highest BCUT2D eigenvalue weighted by molar-refractivity contribution is 6.08. The van der Waals surface area contributed by atoms with Gasteiger partial charge in [0.1, 0.15) is 11.4 Å². The number of urea groups is 1. The number of aromatic nitrogens is 2. The molecule has 3 aromatic rings. The fraction of sp³-hybridized carbons (Fsp3) is 0.346. The number of amides is 5. The zero-order chi connectivity index (χ0) is 26.4. The van der Waals surface area contributed by atoms with Gasteiger partial charge >= 0.3 is 12.1 Å². The van der Waals surface area contributed by atoms with Gasteiger partial charge in [0.15, 0.2) is 0 Å². The largest absolute Gasteiger partial charge is 0.465 e. The molecule has 194 valence electrons. The highest BCUT2D eigenvalue weighted by Gasteiger charge is 2.54. The molecule has 4 aliphatic rings. The lowest BCUT2D eigenvalue weighted by atomic mass is 9.76. The van der Waals surface area contributed by atoms with Crippen molar-refractivity contribution in [2.24, 2.45) is 0 Å². The van der Waals surface area contributed by atoms with E-state index >= 15 is 0 Å². The maximum atomic E-state index is 12.6. The van der Waals surface area contributed by atoms with E-state index in [9.17, 15) is 24.3 Å². The number of likely N-dealkylation sites (N-methyl/N-ethyl adjacent to an activating group) is 1. The van der Waals surface area contributed by atoms with E-state index in [1.165, 1.54) is 4.90 Å². The van der Waals surface area contributed by atoms with Gasteiger partial charge < -0.3 is 30.5 Å². The van der Waals surface area contributed by atoms with Crippen LogP contribution in [0.3, 0.4) is 0 Å². The molecule has 12 heteroatoms. The number of anilines is 2. The second kappa shape index (κ2) is 7.46. The van der Waals surface area contributed by atoms with Crippen LogP contribution in [0.2, 0.25) is 0 Å². The topological polar surface area (TPSA) is 160 Å². The number of nitrogens with zero attached hydrogens (tertiary/aromatic N) is 3. The summed E-state index contributed by atoms with van der Waals surface area (Å²) in [6, 6.07) is 9.33. The van der Waals surface area contributed by atoms with E-state index in [0.717, 1.165) is 39.2 Å². The first kappa shape index (κ1) is 22.6. The molecule has 0 bridgehead atoms. The molecular weight excluding hydrogens is 490 g/mol. The number of carbonyl (C=O) groups excluding carboxylic acids is 3. The lowest BCUT2D eigenvalue weighted by Crippen LogP contribution is -2.48. The number of imidazole rings is 1. The van der Waals surface area contributed by atoms with Crippen molar-refractivity contribution in [1.29, 1.82) is 0 Å². The number of nitrogens with one attached hydrogen (secondary N) is 4. The molecule has 0 radical (unpaired) electrons. The van der Waals surface area contributed by atoms with Crippen LogP contribution in [-0.4, -0.2) is 69.6 Å². The van der Waals surface area contributed by atoms with Crippen LogP contribution in [0.25, 0.3) is 11.0 Å². The van der Waals surface area contributed by atoms with Crippen LogP contribution < -0.4 is 20.9 Å². The standard InChI is InChI=1S/C26H25N7O5/c1-32-23(36)31-22(35)26(32)7-13-5-16-17(6-14(13)8-26)29-19(28-16)10-33-12-25(11-27-24(37)38)9-20(34)30-15-3-2-4-18(33)21(15)25/h2-6,27H,7-12H2,1H3,(H,28,29)(H,30,34)(H,37,38)(H,31,35,36). The van der Waals surface area contributed by atoms with Crippen molar-refractivity contribution >= 4 is 46.3 Å². The Morgan fingerprint density at radius 2 is 1.92 bits per heavy atom. The molecule has 2 aromatic carbocycles. The van der Waals surface area contributed by atoms with Crippen LogP contribution in [-0.2, 0) is 34.4 Å². The first-order chi connectivity index (χ1) is 18.2. The molecule has 4 heterocycles. The zero-order valence-electron chi connectivity index (χ0n) is 20.6. The lowest BCUT2D eigenvalue weighted by Gasteiger charge is -2.34. The van der Waals surface area contributed by atoms with Crippen molar-refractivity contribution in [3.05, 3.63) is 52.8 Å². The van der Waals surface area contributed by atoms with Crippen molar-refractivity contribution in [1.82, 2.24) is 25.5 Å². The first-order valence-corrected chi connectivity index (χ1v) is 12.4. The number of hydrogen-bond donors (Lipinski definition) is 5. The van der Waals surface area contributed by atoms with E-state index in [1.54, 1.807) is 7.05 Å². The molecule has 1 aliphatic carbocycles. The Morgan fingerprint density at radius 1 is 1.13 bits per heavy atom. The number of aromatic amines is 1. The van der Waals surface area contributed by atoms with E-state index in [1.807, 2.05) is 30.3 Å². The minimum atomic E-state index is -1.12. The van der Waals surface area contributed by atoms with Crippen LogP contribution >= 0.6 is 0 Å². The van der Waals surface area contributed by atoms with E-state index < -0.39 is 17.0 Å². The predicted octanol–water partition coefficient (Wildman–Crippen LogP) is 1.45. The van der Waals surface area contributed by atoms with Gasteiger partial charge in [0.2, 0.25) is 5.91 Å². The number of hydrogen-bond acceptors (Lipinski definition) is 6. The number of benzene rings is 2. The summed E-state index contributed by atoms with van der Waals surface area (Å²) in [4.78, 5) is 60.4. The van der Waals surface area contributed by atoms with Gasteiger partial charge in [-0.05, 0) is 35.4 Å². The Bertz CT molecular complexity index is 1550. The Labute approximate surface area is 216 Å². The summed E-state index contributed by atoms with van der Waals surface area (Å²) >= 11 is 0. The summed E-state index contributed by atoms with van der Waals surface area (Å²) < 4.78 is 0. The third-order valence-electron chi connectivity index (χ3n) is 8.51. The van der Waals surface area contributed by atoms with Gasteiger partial charge in [-0.3, -0.25) is 14.9 Å². The second-order valence-corrected chi connectivity index (χ2v) is 10.7. The molecule has 1 aromatic heterocycles. The van der Waals surface area contributed by atoms with Gasteiger partial charge in [-0.2, -0.15) is 0 Å². The Morgan fingerprint density at radius 3 is 2.66 bits per heavy atom. The zero-order valence-corrected chi connectivity index (χ0v) is 20.6. The molecule has 38 heavy (non-hydrogen) atoms. The second-order valence-electron chi connectivity index (χ2n) is 10.7. The third-order valence-corrected chi connectivity index (χ3v) is 8.51. The van der Waals surface area contributed by atoms with E-state index in [2.05, 4.69) is 25.8 Å². The van der Waals surface area contributed by atoms with Gasteiger partial charge in [0, 0.05) is 61.8 Å². The number of H-pyrrole nitrogens is 1. The molecule has 5 amide bonds. The van der Waals surface area contributed by atoms with Gasteiger partial charge in [-0.1, -0.05) is 6.07 Å². The smallest absolute Gasteiger partial charge is 0.404 e. The molecule has 2 unspecified atom stereocenters. The van der Waals surface area contributed by atoms with Gasteiger partial charge in [-0.25, -0.2) is 14.6 Å². The summed E-state index contributed by atoms with van der Waals surface area (Å²) in [5.74, 6) is 0.334. The van der Waals surface area contributed by atoms with Gasteiger partial charge in [0.05, 0.1) is 17.6 Å². The molecule has 1 fully saturated rings. The molecule has 12 nitrogen and oxygen atoms in total. The molecule has 0 saturated carbocycles. The summed E-state index contributed by atoms with van der Waals surface area (Å²) in [6.45, 7) is 1.05. The molecule has 5 N–H and O–H groups in total. The highest BCUT2D eigenvalue weighted by Crippen LogP contribution is 2.49. The van der Waals surface area contributed by atoms with Crippen LogP contribution in [0, 0.1) is 0 Å². The quantitative estimate of drug-likeness (QED) is 0.329. The number of rotatable bonds is 4. The van der Waals surface area contributed by atoms with Crippen LogP contribution in [0.1, 0.15) is 28.9 Å². The molecule has 3 aliphatic heterocycles. The third kappa shape index (κ3) is 3.06. The Balaban J connectivity index is 1.19. The highest BCUT2D eigenvalue weighted by atomic mass is 16.4. The van der Waals surface area contributed by atoms with Crippen molar-refractivity contribution in [2.45, 2.75) is 36.8 Å². The number of fused-ring (bicyclic) bond motifs is 2. The summed E-state index contributed by atoms with van der Waals surface area (Å²) in [5, 5.41) is 17.1. The first-order valence-electron chi connectivity index (χ1n) is 12.4. The van der Waals surface area contributed by atoms with E-state index in [4.69, 9.17) is 4.98 Å². The van der Waals surface area contributed by atoms with Crippen molar-refractivity contribution in [3.8, 4) is 0 Å². The SMILES string of the molecule is CN1C(=O)NC(=O)C12Cc1cc3nc(CN4CC5(CNC(=O)O)CC(=O)Nc6cccc4c65)[nH]c3cc1C2. The van der Waals surface area contributed by atoms with Gasteiger partial charge in [0.25, 0.3) is 5.91 Å². The minimum absolute atomic E-state index is 0.134. The summed E-state index contributed by atoms with van der Waals surface area (Å²) in [5.41, 5.74) is 4.67. The van der Waals surface area contributed by atoms with Crippen molar-refractivity contribution in [3.63, 3.8) is 0 Å². The minimum Gasteiger partial charge on any atom is -0.465 e. The molecule has 2 atom stereocenters. The predicted molar refractivity (Wildman–Crippen MR) is 136 cm³/mol. The van der Waals surface area contributed by atoms with Crippen LogP contribution in [0.4, 0.5) is 21.0 Å². The Kier molecular flexibility index (Phi) is 4.43. The van der Waals surface area contributed by atoms with Crippen molar-refractivity contribution in [2.75, 3.05) is 30.4 Å². The van der Waals surface area contributed by atoms with Crippen LogP contribution in [0.5, 0.6) is 0 Å². The number of carboxylic acid groups (broad SMARTS) is 1. The van der Waals surface area contributed by atoms with Gasteiger partial charge in [-0.15, -0.1) is 0 Å². The molecule has 1 spiro atoms. The molecule has 7 rings (SSSR count). The summed E-state index contributed by atoms with van der Waals surface area (Å²) in [6.07, 6.45) is -0.0481. The fourth-order valence-corrected chi connectivity index (χ4v) is 6.75. The maximum Gasteiger partial charge on any atom is 0.404 e. The number of carbonyl (C=O) groups is 4. The molecular formula is C26H25N7O5. The van der Waals surface area contributed by atoms with Crippen LogP contribution in [0.15, 0.2) is 30.3 Å². The normalized spacial score (nSPS) is 22.6. The number of imide groups is 1. The van der Waals surface area contributed by atoms with E-state index in [0.29, 0.717) is 31.6 Å². The van der Waals surface area contributed by atoms with Crippen molar-refractivity contribution < 1.29 is 24.3 Å². The summed E-state index contributed by atoms with van der Waals surface area (Å²) in [7, 11) is 1.65. The average Bonchev–Trinajstić information content (AvgIpc) is 3.57.